The van der Waals surface area contributed by atoms with E-state index in [0.717, 1.165) is 25.8 Å². The molecule has 3 fully saturated rings. The third-order valence-electron chi connectivity index (χ3n) is 3.92. The van der Waals surface area contributed by atoms with Crippen molar-refractivity contribution in [3.05, 3.63) is 0 Å². The smallest absolute Gasteiger partial charge is 0.234 e. The van der Waals surface area contributed by atoms with Crippen molar-refractivity contribution in [3.63, 3.8) is 0 Å². The Hall–Kier alpha value is -0.650. The lowest BCUT2D eigenvalue weighted by atomic mass is 10.0. The molecule has 5 heteroatoms. The molecule has 1 aliphatic carbocycles. The van der Waals surface area contributed by atoms with Gasteiger partial charge < -0.3 is 14.8 Å². The Bertz CT molecular complexity index is 301. The maximum atomic E-state index is 11.9. The van der Waals surface area contributed by atoms with Crippen molar-refractivity contribution in [2.24, 2.45) is 0 Å². The molecule has 0 spiro atoms. The first-order chi connectivity index (χ1) is 8.83. The van der Waals surface area contributed by atoms with Crippen LogP contribution in [0.1, 0.15) is 32.1 Å². The maximum Gasteiger partial charge on any atom is 0.234 e. The molecule has 18 heavy (non-hydrogen) atoms. The average Bonchev–Trinajstić information content (AvgIpc) is 3.01. The van der Waals surface area contributed by atoms with E-state index in [1.807, 2.05) is 0 Å². The number of carbonyl (C=O) groups excluding carboxylic acids is 1. The predicted octanol–water partition coefficient (Wildman–Crippen LogP) is 0.492. The number of carbonyl (C=O) groups is 1. The summed E-state index contributed by atoms with van der Waals surface area (Å²) in [5.74, 6) is 0.155. The fourth-order valence-electron chi connectivity index (χ4n) is 2.81. The number of ether oxygens (including phenoxy) is 2. The first kappa shape index (κ1) is 12.4. The number of hydrogen-bond donors (Lipinski definition) is 1. The van der Waals surface area contributed by atoms with Gasteiger partial charge in [0.1, 0.15) is 0 Å². The molecule has 2 heterocycles. The highest BCUT2D eigenvalue weighted by Gasteiger charge is 2.35. The summed E-state index contributed by atoms with van der Waals surface area (Å²) < 4.78 is 11.2. The van der Waals surface area contributed by atoms with E-state index >= 15 is 0 Å². The van der Waals surface area contributed by atoms with Gasteiger partial charge >= 0.3 is 0 Å². The summed E-state index contributed by atoms with van der Waals surface area (Å²) in [4.78, 5) is 14.1. The topological polar surface area (TPSA) is 50.8 Å². The van der Waals surface area contributed by atoms with Crippen LogP contribution in [0.5, 0.6) is 0 Å². The van der Waals surface area contributed by atoms with Crippen molar-refractivity contribution >= 4 is 5.91 Å². The highest BCUT2D eigenvalue weighted by Crippen LogP contribution is 2.24. The van der Waals surface area contributed by atoms with Crippen LogP contribution in [0.25, 0.3) is 0 Å². The number of amides is 1. The summed E-state index contributed by atoms with van der Waals surface area (Å²) >= 11 is 0. The van der Waals surface area contributed by atoms with E-state index in [2.05, 4.69) is 10.2 Å². The largest absolute Gasteiger partial charge is 0.352 e. The number of nitrogens with one attached hydrogen (secondary N) is 1. The van der Waals surface area contributed by atoms with E-state index in [1.165, 1.54) is 12.8 Å². The van der Waals surface area contributed by atoms with Gasteiger partial charge in [-0.25, -0.2) is 0 Å². The molecule has 1 unspecified atom stereocenters. The van der Waals surface area contributed by atoms with Crippen LogP contribution in [-0.4, -0.2) is 55.5 Å². The lowest BCUT2D eigenvalue weighted by Gasteiger charge is -2.37. The van der Waals surface area contributed by atoms with Gasteiger partial charge in [0.25, 0.3) is 0 Å². The molecule has 3 rings (SSSR count). The van der Waals surface area contributed by atoms with E-state index in [1.54, 1.807) is 0 Å². The summed E-state index contributed by atoms with van der Waals surface area (Å²) in [6, 6.07) is 0.700. The quantitative estimate of drug-likeness (QED) is 0.793. The SMILES string of the molecule is O=C(CN1CCCCC1C1OCCO1)NC1CC1. The number of piperidine rings is 1. The van der Waals surface area contributed by atoms with Crippen molar-refractivity contribution in [3.8, 4) is 0 Å². The normalized spacial score (nSPS) is 30.6. The third kappa shape index (κ3) is 3.02. The second kappa shape index (κ2) is 5.55. The standard InChI is InChI=1S/C13H22N2O3/c16-12(14-10-4-5-10)9-15-6-2-1-3-11(15)13-17-7-8-18-13/h10-11,13H,1-9H2,(H,14,16). The molecule has 1 atom stereocenters. The van der Waals surface area contributed by atoms with Crippen LogP contribution >= 0.6 is 0 Å². The zero-order valence-electron chi connectivity index (χ0n) is 10.8. The van der Waals surface area contributed by atoms with Gasteiger partial charge in [0.2, 0.25) is 5.91 Å². The summed E-state index contributed by atoms with van der Waals surface area (Å²) in [6.45, 7) is 2.84. The van der Waals surface area contributed by atoms with Gasteiger partial charge in [0, 0.05) is 6.04 Å². The van der Waals surface area contributed by atoms with Crippen LogP contribution in [-0.2, 0) is 14.3 Å². The lowest BCUT2D eigenvalue weighted by molar-refractivity contribution is -0.131. The Morgan fingerprint density at radius 2 is 1.94 bits per heavy atom. The molecule has 2 saturated heterocycles. The molecule has 1 N–H and O–H groups in total. The van der Waals surface area contributed by atoms with Crippen LogP contribution in [0.4, 0.5) is 0 Å². The Morgan fingerprint density at radius 3 is 2.67 bits per heavy atom. The van der Waals surface area contributed by atoms with Crippen LogP contribution in [0.3, 0.4) is 0 Å². The summed E-state index contributed by atoms with van der Waals surface area (Å²) in [5.41, 5.74) is 0. The summed E-state index contributed by atoms with van der Waals surface area (Å²) in [6.07, 6.45) is 5.60. The highest BCUT2D eigenvalue weighted by molar-refractivity contribution is 5.78. The molecule has 1 amide bonds. The number of likely N-dealkylation sites (tertiary alicyclic amines) is 1. The molecule has 0 aromatic carbocycles. The first-order valence-electron chi connectivity index (χ1n) is 7.09. The molecule has 0 aromatic heterocycles. The fourth-order valence-corrected chi connectivity index (χ4v) is 2.81. The Morgan fingerprint density at radius 1 is 1.17 bits per heavy atom. The van der Waals surface area contributed by atoms with Crippen molar-refractivity contribution in [2.45, 2.75) is 50.5 Å². The van der Waals surface area contributed by atoms with Crippen LogP contribution in [0.2, 0.25) is 0 Å². The number of hydrogen-bond acceptors (Lipinski definition) is 4. The number of rotatable bonds is 4. The molecule has 0 radical (unpaired) electrons. The summed E-state index contributed by atoms with van der Waals surface area (Å²) in [5, 5.41) is 3.05. The first-order valence-corrected chi connectivity index (χ1v) is 7.09. The van der Waals surface area contributed by atoms with Gasteiger partial charge in [-0.1, -0.05) is 6.42 Å². The third-order valence-corrected chi connectivity index (χ3v) is 3.92. The number of nitrogens with zero attached hydrogens (tertiary/aromatic N) is 1. The summed E-state index contributed by atoms with van der Waals surface area (Å²) in [7, 11) is 0. The van der Waals surface area contributed by atoms with E-state index in [9.17, 15) is 4.79 Å². The van der Waals surface area contributed by atoms with Crippen molar-refractivity contribution < 1.29 is 14.3 Å². The van der Waals surface area contributed by atoms with E-state index in [0.29, 0.717) is 25.8 Å². The second-order valence-electron chi connectivity index (χ2n) is 5.49. The molecule has 5 nitrogen and oxygen atoms in total. The molecule has 3 aliphatic rings. The van der Waals surface area contributed by atoms with Crippen molar-refractivity contribution in [1.29, 1.82) is 0 Å². The monoisotopic (exact) mass is 254 g/mol. The molecule has 2 aliphatic heterocycles. The zero-order chi connectivity index (χ0) is 12.4. The van der Waals surface area contributed by atoms with Gasteiger partial charge in [-0.05, 0) is 32.2 Å². The lowest BCUT2D eigenvalue weighted by Crippen LogP contribution is -2.51. The minimum Gasteiger partial charge on any atom is -0.352 e. The molecular formula is C13H22N2O3. The van der Waals surface area contributed by atoms with Crippen molar-refractivity contribution in [1.82, 2.24) is 10.2 Å². The van der Waals surface area contributed by atoms with Crippen LogP contribution in [0, 0.1) is 0 Å². The molecular weight excluding hydrogens is 232 g/mol. The van der Waals surface area contributed by atoms with Gasteiger partial charge in [-0.2, -0.15) is 0 Å². The van der Waals surface area contributed by atoms with E-state index in [4.69, 9.17) is 9.47 Å². The van der Waals surface area contributed by atoms with E-state index in [-0.39, 0.29) is 18.2 Å². The average molecular weight is 254 g/mol. The minimum absolute atomic E-state index is 0.126. The maximum absolute atomic E-state index is 11.9. The van der Waals surface area contributed by atoms with Gasteiger partial charge in [0.05, 0.1) is 25.8 Å². The Labute approximate surface area is 108 Å². The highest BCUT2D eigenvalue weighted by atomic mass is 16.7. The molecule has 0 bridgehead atoms. The van der Waals surface area contributed by atoms with Gasteiger partial charge in [0.15, 0.2) is 6.29 Å². The molecule has 102 valence electrons. The zero-order valence-corrected chi connectivity index (χ0v) is 10.8. The Kier molecular flexibility index (Phi) is 3.82. The fraction of sp³-hybridized carbons (Fsp3) is 0.923. The van der Waals surface area contributed by atoms with Gasteiger partial charge in [-0.3, -0.25) is 9.69 Å². The van der Waals surface area contributed by atoms with Crippen LogP contribution in [0.15, 0.2) is 0 Å². The predicted molar refractivity (Wildman–Crippen MR) is 66.1 cm³/mol. The van der Waals surface area contributed by atoms with Gasteiger partial charge in [-0.15, -0.1) is 0 Å². The van der Waals surface area contributed by atoms with E-state index < -0.39 is 0 Å². The minimum atomic E-state index is -0.126. The molecule has 1 saturated carbocycles. The van der Waals surface area contributed by atoms with Crippen LogP contribution < -0.4 is 5.32 Å². The Balaban J connectivity index is 1.54. The molecule has 0 aromatic rings. The second-order valence-corrected chi connectivity index (χ2v) is 5.49. The van der Waals surface area contributed by atoms with Crippen molar-refractivity contribution in [2.75, 3.05) is 26.3 Å².